The largest absolute Gasteiger partial charge is 0.462 e. The van der Waals surface area contributed by atoms with Gasteiger partial charge in [0.2, 0.25) is 0 Å². The third kappa shape index (κ3) is 2.86. The predicted molar refractivity (Wildman–Crippen MR) is 72.1 cm³/mol. The third-order valence-electron chi connectivity index (χ3n) is 2.36. The molecule has 0 saturated heterocycles. The van der Waals surface area contributed by atoms with E-state index >= 15 is 0 Å². The van der Waals surface area contributed by atoms with Crippen LogP contribution in [0.1, 0.15) is 35.3 Å². The first-order chi connectivity index (χ1) is 7.65. The van der Waals surface area contributed by atoms with Gasteiger partial charge in [-0.25, -0.2) is 4.79 Å². The van der Waals surface area contributed by atoms with Crippen LogP contribution >= 0.6 is 31.9 Å². The van der Waals surface area contributed by atoms with Crippen LogP contribution in [-0.4, -0.2) is 12.6 Å². The van der Waals surface area contributed by atoms with Crippen LogP contribution in [0.15, 0.2) is 16.6 Å². The maximum Gasteiger partial charge on any atom is 0.338 e. The Hall–Kier alpha value is -0.350. The molecule has 0 aliphatic heterocycles. The van der Waals surface area contributed by atoms with Crippen LogP contribution in [-0.2, 0) is 16.5 Å². The molecule has 0 aliphatic carbocycles. The molecule has 0 radical (unpaired) electrons. The van der Waals surface area contributed by atoms with E-state index in [1.165, 1.54) is 0 Å². The molecule has 0 heterocycles. The molecule has 0 unspecified atom stereocenters. The fraction of sp³-hybridized carbons (Fsp3) is 0.417. The Kier molecular flexibility index (Phi) is 5.49. The fourth-order valence-corrected chi connectivity index (χ4v) is 3.14. The van der Waals surface area contributed by atoms with Crippen molar-refractivity contribution in [3.63, 3.8) is 0 Å². The van der Waals surface area contributed by atoms with E-state index in [9.17, 15) is 4.79 Å². The highest BCUT2D eigenvalue weighted by atomic mass is 79.9. The number of benzene rings is 1. The molecule has 0 atom stereocenters. The number of rotatable bonds is 4. The number of carbonyl (C=O) groups is 1. The molecule has 0 bridgehead atoms. The van der Waals surface area contributed by atoms with Crippen LogP contribution in [0.5, 0.6) is 0 Å². The number of hydrogen-bond acceptors (Lipinski definition) is 2. The van der Waals surface area contributed by atoms with E-state index in [1.54, 1.807) is 0 Å². The van der Waals surface area contributed by atoms with Gasteiger partial charge in [0, 0.05) is 9.80 Å². The first-order valence-electron chi connectivity index (χ1n) is 5.19. The lowest BCUT2D eigenvalue weighted by atomic mass is 10.00. The average Bonchev–Trinajstić information content (AvgIpc) is 2.28. The second kappa shape index (κ2) is 6.40. The summed E-state index contributed by atoms with van der Waals surface area (Å²) >= 11 is 6.93. The fourth-order valence-electron chi connectivity index (χ4n) is 1.61. The van der Waals surface area contributed by atoms with Crippen LogP contribution in [0.25, 0.3) is 0 Å². The van der Waals surface area contributed by atoms with Gasteiger partial charge in [0.15, 0.2) is 0 Å². The van der Waals surface area contributed by atoms with Gasteiger partial charge in [-0.1, -0.05) is 38.8 Å². The molecular formula is C12H14Br2O2. The molecule has 0 aromatic heterocycles. The Morgan fingerprint density at radius 2 is 2.00 bits per heavy atom. The Balaban J connectivity index is 3.24. The molecule has 1 aromatic rings. The van der Waals surface area contributed by atoms with Crippen LogP contribution < -0.4 is 0 Å². The van der Waals surface area contributed by atoms with Crippen LogP contribution in [0.4, 0.5) is 0 Å². The van der Waals surface area contributed by atoms with Gasteiger partial charge >= 0.3 is 5.97 Å². The minimum Gasteiger partial charge on any atom is -0.462 e. The van der Waals surface area contributed by atoms with E-state index in [0.717, 1.165) is 27.4 Å². The summed E-state index contributed by atoms with van der Waals surface area (Å²) in [5, 5.41) is 0.726. The minimum absolute atomic E-state index is 0.242. The zero-order valence-electron chi connectivity index (χ0n) is 9.35. The van der Waals surface area contributed by atoms with Gasteiger partial charge in [0.1, 0.15) is 0 Å². The first kappa shape index (κ1) is 13.7. The highest BCUT2D eigenvalue weighted by molar-refractivity contribution is 9.10. The van der Waals surface area contributed by atoms with E-state index in [1.807, 2.05) is 26.0 Å². The van der Waals surface area contributed by atoms with Gasteiger partial charge in [0.05, 0.1) is 12.2 Å². The molecule has 4 heteroatoms. The van der Waals surface area contributed by atoms with Gasteiger partial charge in [-0.15, -0.1) is 0 Å². The summed E-state index contributed by atoms with van der Waals surface area (Å²) in [6, 6.07) is 3.70. The van der Waals surface area contributed by atoms with Gasteiger partial charge < -0.3 is 4.74 Å². The van der Waals surface area contributed by atoms with E-state index in [0.29, 0.717) is 12.2 Å². The molecule has 0 N–H and O–H groups in total. The summed E-state index contributed by atoms with van der Waals surface area (Å²) in [5.74, 6) is -0.242. The van der Waals surface area contributed by atoms with Crippen molar-refractivity contribution in [1.29, 1.82) is 0 Å². The Labute approximate surface area is 113 Å². The third-order valence-corrected chi connectivity index (χ3v) is 3.66. The topological polar surface area (TPSA) is 26.3 Å². The van der Waals surface area contributed by atoms with Crippen molar-refractivity contribution in [2.24, 2.45) is 0 Å². The standard InChI is InChI=1S/C12H14Br2O2/c1-3-8-9(12(15)16-4-2)5-6-11(14)10(8)7-13/h5-6H,3-4,7H2,1-2H3. The number of esters is 1. The van der Waals surface area contributed by atoms with Gasteiger partial charge in [-0.3, -0.25) is 0 Å². The number of ether oxygens (including phenoxy) is 1. The van der Waals surface area contributed by atoms with Crippen molar-refractivity contribution in [2.45, 2.75) is 25.6 Å². The van der Waals surface area contributed by atoms with Crippen molar-refractivity contribution in [2.75, 3.05) is 6.61 Å². The second-order valence-corrected chi connectivity index (χ2v) is 4.67. The monoisotopic (exact) mass is 348 g/mol. The van der Waals surface area contributed by atoms with Crippen molar-refractivity contribution in [3.8, 4) is 0 Å². The average molecular weight is 350 g/mol. The molecule has 0 aliphatic rings. The number of hydrogen-bond donors (Lipinski definition) is 0. The lowest BCUT2D eigenvalue weighted by Crippen LogP contribution is -2.09. The summed E-state index contributed by atoms with van der Waals surface area (Å²) in [4.78, 5) is 11.8. The number of halogens is 2. The summed E-state index contributed by atoms with van der Waals surface area (Å²) in [5.41, 5.74) is 2.83. The highest BCUT2D eigenvalue weighted by Gasteiger charge is 2.16. The zero-order chi connectivity index (χ0) is 12.1. The maximum absolute atomic E-state index is 11.8. The molecule has 1 rings (SSSR count). The van der Waals surface area contributed by atoms with E-state index < -0.39 is 0 Å². The van der Waals surface area contributed by atoms with Crippen LogP contribution in [0.2, 0.25) is 0 Å². The number of alkyl halides is 1. The maximum atomic E-state index is 11.8. The van der Waals surface area contributed by atoms with E-state index in [2.05, 4.69) is 31.9 Å². The molecule has 0 spiro atoms. The highest BCUT2D eigenvalue weighted by Crippen LogP contribution is 2.27. The minimum atomic E-state index is -0.242. The van der Waals surface area contributed by atoms with E-state index in [4.69, 9.17) is 4.74 Å². The Bertz CT molecular complexity index is 389. The van der Waals surface area contributed by atoms with Crippen LogP contribution in [0, 0.1) is 0 Å². The van der Waals surface area contributed by atoms with Crippen molar-refractivity contribution < 1.29 is 9.53 Å². The summed E-state index contributed by atoms with van der Waals surface area (Å²) in [6.07, 6.45) is 0.814. The first-order valence-corrected chi connectivity index (χ1v) is 7.10. The van der Waals surface area contributed by atoms with Crippen molar-refractivity contribution >= 4 is 37.8 Å². The lowest BCUT2D eigenvalue weighted by Gasteiger charge is -2.12. The molecule has 0 fully saturated rings. The molecule has 16 heavy (non-hydrogen) atoms. The molecule has 0 amide bonds. The van der Waals surface area contributed by atoms with E-state index in [-0.39, 0.29) is 5.97 Å². The van der Waals surface area contributed by atoms with Crippen LogP contribution in [0.3, 0.4) is 0 Å². The normalized spacial score (nSPS) is 10.2. The smallest absolute Gasteiger partial charge is 0.338 e. The quantitative estimate of drug-likeness (QED) is 0.604. The summed E-state index contributed by atoms with van der Waals surface area (Å²) < 4.78 is 6.06. The van der Waals surface area contributed by atoms with Crippen molar-refractivity contribution in [1.82, 2.24) is 0 Å². The molecule has 1 aromatic carbocycles. The Morgan fingerprint density at radius 3 is 2.50 bits per heavy atom. The number of carbonyl (C=O) groups excluding carboxylic acids is 1. The van der Waals surface area contributed by atoms with Crippen molar-refractivity contribution in [3.05, 3.63) is 33.3 Å². The summed E-state index contributed by atoms with van der Waals surface area (Å²) in [6.45, 7) is 4.26. The second-order valence-electron chi connectivity index (χ2n) is 3.26. The van der Waals surface area contributed by atoms with Gasteiger partial charge in [-0.05, 0) is 36.6 Å². The Morgan fingerprint density at radius 1 is 1.31 bits per heavy atom. The predicted octanol–water partition coefficient (Wildman–Crippen LogP) is 4.08. The lowest BCUT2D eigenvalue weighted by molar-refractivity contribution is 0.0525. The zero-order valence-corrected chi connectivity index (χ0v) is 12.5. The molecule has 0 saturated carbocycles. The molecule has 88 valence electrons. The molecule has 2 nitrogen and oxygen atoms in total. The molecular weight excluding hydrogens is 336 g/mol. The summed E-state index contributed by atoms with van der Waals surface area (Å²) in [7, 11) is 0. The SMILES string of the molecule is CCOC(=O)c1ccc(Br)c(CBr)c1CC. The van der Waals surface area contributed by atoms with Gasteiger partial charge in [-0.2, -0.15) is 0 Å². The van der Waals surface area contributed by atoms with Gasteiger partial charge in [0.25, 0.3) is 0 Å².